The minimum absolute atomic E-state index is 0.412. The van der Waals surface area contributed by atoms with Crippen LogP contribution in [0, 0.1) is 0 Å². The molecule has 2 nitrogen and oxygen atoms in total. The second-order valence-corrected chi connectivity index (χ2v) is 2.64. The number of carbonyl (C=O) groups excluding carboxylic acids is 1. The second kappa shape index (κ2) is 1.91. The highest BCUT2D eigenvalue weighted by molar-refractivity contribution is 8.00. The summed E-state index contributed by atoms with van der Waals surface area (Å²) in [5.41, 5.74) is -0.412. The van der Waals surface area contributed by atoms with E-state index < -0.39 is 5.54 Å². The number of carbonyl (C=O) groups is 1. The molecule has 0 fully saturated rings. The van der Waals surface area contributed by atoms with Crippen LogP contribution in [0.1, 0.15) is 6.92 Å². The molecule has 0 saturated carbocycles. The highest BCUT2D eigenvalue weighted by Gasteiger charge is 2.22. The van der Waals surface area contributed by atoms with E-state index in [9.17, 15) is 4.79 Å². The van der Waals surface area contributed by atoms with Gasteiger partial charge in [-0.1, -0.05) is 11.9 Å². The molecule has 0 bridgehead atoms. The van der Waals surface area contributed by atoms with E-state index in [1.165, 1.54) is 11.9 Å². The van der Waals surface area contributed by atoms with Crippen molar-refractivity contribution in [3.8, 4) is 0 Å². The van der Waals surface area contributed by atoms with Crippen LogP contribution in [-0.2, 0) is 4.79 Å². The van der Waals surface area contributed by atoms with Gasteiger partial charge in [-0.25, -0.2) is 4.72 Å². The lowest BCUT2D eigenvalue weighted by molar-refractivity contribution is -0.110. The molecule has 1 aliphatic heterocycles. The van der Waals surface area contributed by atoms with Gasteiger partial charge in [-0.15, -0.1) is 0 Å². The average molecular weight is 129 g/mol. The molecule has 8 heavy (non-hydrogen) atoms. The van der Waals surface area contributed by atoms with Crippen molar-refractivity contribution in [2.24, 2.45) is 0 Å². The van der Waals surface area contributed by atoms with Gasteiger partial charge < -0.3 is 4.79 Å². The van der Waals surface area contributed by atoms with Gasteiger partial charge in [0.05, 0.1) is 0 Å². The quantitative estimate of drug-likeness (QED) is 0.417. The van der Waals surface area contributed by atoms with Crippen LogP contribution in [0.25, 0.3) is 0 Å². The zero-order valence-corrected chi connectivity index (χ0v) is 5.37. The standard InChI is InChI=1S/C5H7NOS/c1-5(4-7)2-3-8-6-5/h2-4,6H,1H3. The number of hydrogen-bond donors (Lipinski definition) is 1. The van der Waals surface area contributed by atoms with Crippen molar-refractivity contribution >= 4 is 18.2 Å². The molecule has 44 valence electrons. The Balaban J connectivity index is 2.67. The highest BCUT2D eigenvalue weighted by Crippen LogP contribution is 2.17. The molecule has 0 amide bonds. The summed E-state index contributed by atoms with van der Waals surface area (Å²) in [4.78, 5) is 10.2. The molecule has 0 aromatic carbocycles. The Morgan fingerprint density at radius 3 is 2.88 bits per heavy atom. The van der Waals surface area contributed by atoms with E-state index in [0.717, 1.165) is 6.29 Å². The van der Waals surface area contributed by atoms with Crippen LogP contribution < -0.4 is 4.72 Å². The minimum Gasteiger partial charge on any atom is -0.301 e. The molecule has 1 unspecified atom stereocenters. The third kappa shape index (κ3) is 0.928. The predicted molar refractivity (Wildman–Crippen MR) is 34.3 cm³/mol. The predicted octanol–water partition coefficient (Wildman–Crippen LogP) is 0.709. The van der Waals surface area contributed by atoms with E-state index in [-0.39, 0.29) is 0 Å². The zero-order valence-electron chi connectivity index (χ0n) is 4.55. The number of nitrogens with one attached hydrogen (secondary N) is 1. The highest BCUT2D eigenvalue weighted by atomic mass is 32.2. The third-order valence-corrected chi connectivity index (χ3v) is 1.84. The van der Waals surface area contributed by atoms with Crippen LogP contribution in [0.4, 0.5) is 0 Å². The van der Waals surface area contributed by atoms with Gasteiger partial charge in [0.15, 0.2) is 0 Å². The fourth-order valence-electron chi connectivity index (χ4n) is 0.434. The van der Waals surface area contributed by atoms with Crippen molar-refractivity contribution in [2.75, 3.05) is 0 Å². The van der Waals surface area contributed by atoms with E-state index in [2.05, 4.69) is 4.72 Å². The third-order valence-electron chi connectivity index (χ3n) is 1.01. The van der Waals surface area contributed by atoms with E-state index in [1.54, 1.807) is 0 Å². The molecule has 3 heteroatoms. The molecule has 1 aliphatic rings. The van der Waals surface area contributed by atoms with Crippen molar-refractivity contribution in [2.45, 2.75) is 12.5 Å². The molecule has 0 aliphatic carbocycles. The Morgan fingerprint density at radius 1 is 1.88 bits per heavy atom. The van der Waals surface area contributed by atoms with Crippen LogP contribution in [0.3, 0.4) is 0 Å². The van der Waals surface area contributed by atoms with E-state index in [4.69, 9.17) is 0 Å². The molecular weight excluding hydrogens is 122 g/mol. The molecule has 0 aromatic heterocycles. The van der Waals surface area contributed by atoms with Crippen molar-refractivity contribution < 1.29 is 4.79 Å². The smallest absolute Gasteiger partial charge is 0.144 e. The molecular formula is C5H7NOS. The van der Waals surface area contributed by atoms with Gasteiger partial charge in [0.1, 0.15) is 11.8 Å². The van der Waals surface area contributed by atoms with Crippen molar-refractivity contribution in [1.82, 2.24) is 4.72 Å². The summed E-state index contributed by atoms with van der Waals surface area (Å²) in [5.74, 6) is 0. The Morgan fingerprint density at radius 2 is 2.62 bits per heavy atom. The lowest BCUT2D eigenvalue weighted by Crippen LogP contribution is -2.33. The van der Waals surface area contributed by atoms with E-state index in [1.807, 2.05) is 18.4 Å². The fourth-order valence-corrected chi connectivity index (χ4v) is 1.22. The van der Waals surface area contributed by atoms with E-state index >= 15 is 0 Å². The van der Waals surface area contributed by atoms with Gasteiger partial charge in [0, 0.05) is 0 Å². The molecule has 1 heterocycles. The Bertz CT molecular complexity index is 134. The first-order valence-electron chi connectivity index (χ1n) is 2.34. The summed E-state index contributed by atoms with van der Waals surface area (Å²) in [6.45, 7) is 1.83. The van der Waals surface area contributed by atoms with E-state index in [0.29, 0.717) is 0 Å². The van der Waals surface area contributed by atoms with Crippen LogP contribution in [0.15, 0.2) is 11.5 Å². The topological polar surface area (TPSA) is 29.1 Å². The zero-order chi connectivity index (χ0) is 6.04. The first-order chi connectivity index (χ1) is 3.77. The maximum Gasteiger partial charge on any atom is 0.144 e. The van der Waals surface area contributed by atoms with Crippen LogP contribution >= 0.6 is 11.9 Å². The number of aldehydes is 1. The Kier molecular flexibility index (Phi) is 1.40. The van der Waals surface area contributed by atoms with Gasteiger partial charge in [-0.05, 0) is 18.4 Å². The summed E-state index contributed by atoms with van der Waals surface area (Å²) in [5, 5.41) is 1.87. The first kappa shape index (κ1) is 5.85. The molecule has 1 N–H and O–H groups in total. The number of hydrogen-bond acceptors (Lipinski definition) is 3. The minimum atomic E-state index is -0.412. The van der Waals surface area contributed by atoms with Crippen molar-refractivity contribution in [1.29, 1.82) is 0 Å². The molecule has 0 spiro atoms. The monoisotopic (exact) mass is 129 g/mol. The second-order valence-electron chi connectivity index (χ2n) is 1.92. The lowest BCUT2D eigenvalue weighted by Gasteiger charge is -2.10. The Hall–Kier alpha value is -0.280. The summed E-state index contributed by atoms with van der Waals surface area (Å²) >= 11 is 1.44. The van der Waals surface area contributed by atoms with Gasteiger partial charge in [-0.2, -0.15) is 0 Å². The molecule has 0 aromatic rings. The normalized spacial score (nSPS) is 35.6. The molecule has 1 atom stereocenters. The SMILES string of the molecule is CC1(C=O)C=CSN1. The largest absolute Gasteiger partial charge is 0.301 e. The molecule has 1 rings (SSSR count). The molecule has 0 saturated heterocycles. The number of rotatable bonds is 1. The summed E-state index contributed by atoms with van der Waals surface area (Å²) in [7, 11) is 0. The van der Waals surface area contributed by atoms with Crippen molar-refractivity contribution in [3.63, 3.8) is 0 Å². The van der Waals surface area contributed by atoms with Crippen LogP contribution in [0.5, 0.6) is 0 Å². The van der Waals surface area contributed by atoms with Crippen LogP contribution in [0.2, 0.25) is 0 Å². The maximum atomic E-state index is 10.2. The van der Waals surface area contributed by atoms with Gasteiger partial charge in [0.25, 0.3) is 0 Å². The summed E-state index contributed by atoms with van der Waals surface area (Å²) in [6, 6.07) is 0. The Labute approximate surface area is 52.5 Å². The summed E-state index contributed by atoms with van der Waals surface area (Å²) in [6.07, 6.45) is 2.73. The van der Waals surface area contributed by atoms with Crippen molar-refractivity contribution in [3.05, 3.63) is 11.5 Å². The van der Waals surface area contributed by atoms with Gasteiger partial charge in [0.2, 0.25) is 0 Å². The summed E-state index contributed by atoms with van der Waals surface area (Å²) < 4.78 is 2.92. The first-order valence-corrected chi connectivity index (χ1v) is 3.22. The lowest BCUT2D eigenvalue weighted by atomic mass is 10.1. The maximum absolute atomic E-state index is 10.2. The fraction of sp³-hybridized carbons (Fsp3) is 0.400. The van der Waals surface area contributed by atoms with Gasteiger partial charge >= 0.3 is 0 Å². The average Bonchev–Trinajstić information content (AvgIpc) is 2.17. The van der Waals surface area contributed by atoms with Crippen LogP contribution in [-0.4, -0.2) is 11.8 Å². The van der Waals surface area contributed by atoms with Gasteiger partial charge in [-0.3, -0.25) is 0 Å². The molecule has 0 radical (unpaired) electrons.